The Morgan fingerprint density at radius 2 is 2.00 bits per heavy atom. The highest BCUT2D eigenvalue weighted by Crippen LogP contribution is 1.95. The zero-order valence-electron chi connectivity index (χ0n) is 5.65. The van der Waals surface area contributed by atoms with Crippen molar-refractivity contribution in [2.45, 2.75) is 32.8 Å². The summed E-state index contributed by atoms with van der Waals surface area (Å²) >= 11 is 0. The third-order valence-electron chi connectivity index (χ3n) is 0.571. The molecule has 0 bridgehead atoms. The van der Waals surface area contributed by atoms with Gasteiger partial charge in [0.2, 0.25) is 0 Å². The monoisotopic (exact) mass is 112 g/mol. The molecule has 0 saturated heterocycles. The smallest absolute Gasteiger partial charge is 0.119 e. The molecule has 46 valence electrons. The number of rotatable bonds is 0. The standard InChI is InChI=1S/C7H12O/c1-4-5-6-7(2,3)8/h8H,4H2,1-3H3. The third kappa shape index (κ3) is 5.52. The van der Waals surface area contributed by atoms with Gasteiger partial charge in [-0.1, -0.05) is 12.8 Å². The first kappa shape index (κ1) is 7.52. The van der Waals surface area contributed by atoms with Crippen LogP contribution in [0.15, 0.2) is 0 Å². The van der Waals surface area contributed by atoms with Gasteiger partial charge in [-0.15, -0.1) is 5.92 Å². The highest BCUT2D eigenvalue weighted by molar-refractivity contribution is 5.09. The van der Waals surface area contributed by atoms with E-state index in [0.717, 1.165) is 6.42 Å². The van der Waals surface area contributed by atoms with Crippen LogP contribution in [0.5, 0.6) is 0 Å². The summed E-state index contributed by atoms with van der Waals surface area (Å²) in [5.41, 5.74) is -0.810. The van der Waals surface area contributed by atoms with E-state index in [4.69, 9.17) is 5.11 Å². The first-order valence-electron chi connectivity index (χ1n) is 2.78. The van der Waals surface area contributed by atoms with E-state index in [9.17, 15) is 0 Å². The lowest BCUT2D eigenvalue weighted by Gasteiger charge is -2.05. The van der Waals surface area contributed by atoms with E-state index < -0.39 is 5.60 Å². The summed E-state index contributed by atoms with van der Waals surface area (Å²) in [6.45, 7) is 5.31. The number of hydrogen-bond donors (Lipinski definition) is 1. The molecule has 0 unspecified atom stereocenters. The lowest BCUT2D eigenvalue weighted by atomic mass is 10.1. The van der Waals surface area contributed by atoms with Crippen molar-refractivity contribution >= 4 is 0 Å². The molecule has 0 aromatic carbocycles. The molecule has 0 aromatic heterocycles. The normalized spacial score (nSPS) is 10.0. The van der Waals surface area contributed by atoms with Gasteiger partial charge in [-0.2, -0.15) is 0 Å². The van der Waals surface area contributed by atoms with Gasteiger partial charge in [-0.25, -0.2) is 0 Å². The van der Waals surface area contributed by atoms with Gasteiger partial charge < -0.3 is 5.11 Å². The van der Waals surface area contributed by atoms with Crippen molar-refractivity contribution in [3.05, 3.63) is 0 Å². The van der Waals surface area contributed by atoms with Crippen LogP contribution in [0, 0.1) is 11.8 Å². The second kappa shape index (κ2) is 2.74. The van der Waals surface area contributed by atoms with Crippen molar-refractivity contribution < 1.29 is 5.11 Å². The van der Waals surface area contributed by atoms with Crippen molar-refractivity contribution in [1.29, 1.82) is 0 Å². The Kier molecular flexibility index (Phi) is 2.57. The highest BCUT2D eigenvalue weighted by atomic mass is 16.3. The minimum absolute atomic E-state index is 0.810. The van der Waals surface area contributed by atoms with E-state index in [1.54, 1.807) is 13.8 Å². The first-order chi connectivity index (χ1) is 3.56. The number of hydrogen-bond acceptors (Lipinski definition) is 1. The Morgan fingerprint density at radius 3 is 2.12 bits per heavy atom. The molecule has 0 amide bonds. The summed E-state index contributed by atoms with van der Waals surface area (Å²) in [5.74, 6) is 5.47. The Hall–Kier alpha value is -0.480. The van der Waals surface area contributed by atoms with Gasteiger partial charge in [0.05, 0.1) is 0 Å². The summed E-state index contributed by atoms with van der Waals surface area (Å²) in [4.78, 5) is 0. The summed E-state index contributed by atoms with van der Waals surface area (Å²) in [6.07, 6.45) is 0.810. The average Bonchev–Trinajstić information content (AvgIpc) is 1.59. The van der Waals surface area contributed by atoms with Gasteiger partial charge in [-0.3, -0.25) is 0 Å². The second-order valence-electron chi connectivity index (χ2n) is 2.21. The molecule has 0 aromatic rings. The average molecular weight is 112 g/mol. The lowest BCUT2D eigenvalue weighted by molar-refractivity contribution is 0.143. The van der Waals surface area contributed by atoms with Crippen LogP contribution in [0.3, 0.4) is 0 Å². The molecule has 0 rings (SSSR count). The van der Waals surface area contributed by atoms with Crippen LogP contribution in [-0.4, -0.2) is 10.7 Å². The van der Waals surface area contributed by atoms with Crippen molar-refractivity contribution in [3.63, 3.8) is 0 Å². The van der Waals surface area contributed by atoms with Crippen LogP contribution in [0.4, 0.5) is 0 Å². The lowest BCUT2D eigenvalue weighted by Crippen LogP contribution is -2.14. The van der Waals surface area contributed by atoms with E-state index in [1.165, 1.54) is 0 Å². The van der Waals surface area contributed by atoms with Gasteiger partial charge in [-0.05, 0) is 13.8 Å². The molecule has 0 aliphatic carbocycles. The number of aliphatic hydroxyl groups is 1. The molecule has 0 radical (unpaired) electrons. The van der Waals surface area contributed by atoms with Gasteiger partial charge >= 0.3 is 0 Å². The van der Waals surface area contributed by atoms with Crippen LogP contribution >= 0.6 is 0 Å². The van der Waals surface area contributed by atoms with Crippen molar-refractivity contribution in [1.82, 2.24) is 0 Å². The molecular weight excluding hydrogens is 100 g/mol. The molecule has 1 N–H and O–H groups in total. The Labute approximate surface area is 50.7 Å². The van der Waals surface area contributed by atoms with E-state index in [0.29, 0.717) is 0 Å². The molecular formula is C7H12O. The maximum Gasteiger partial charge on any atom is 0.119 e. The fourth-order valence-electron chi connectivity index (χ4n) is 0.305. The second-order valence-corrected chi connectivity index (χ2v) is 2.21. The van der Waals surface area contributed by atoms with E-state index in [-0.39, 0.29) is 0 Å². The quantitative estimate of drug-likeness (QED) is 0.466. The maximum absolute atomic E-state index is 8.98. The van der Waals surface area contributed by atoms with E-state index >= 15 is 0 Å². The van der Waals surface area contributed by atoms with Crippen LogP contribution in [0.1, 0.15) is 27.2 Å². The fourth-order valence-corrected chi connectivity index (χ4v) is 0.305. The predicted octanol–water partition coefficient (Wildman–Crippen LogP) is 1.17. The molecule has 0 aliphatic rings. The van der Waals surface area contributed by atoms with Crippen LogP contribution in [0.25, 0.3) is 0 Å². The van der Waals surface area contributed by atoms with Gasteiger partial charge in [0.15, 0.2) is 0 Å². The van der Waals surface area contributed by atoms with Crippen LogP contribution in [-0.2, 0) is 0 Å². The SMILES string of the molecule is CCC#CC(C)(C)O. The minimum atomic E-state index is -0.810. The molecule has 0 spiro atoms. The minimum Gasteiger partial charge on any atom is -0.378 e. The topological polar surface area (TPSA) is 20.2 Å². The summed E-state index contributed by atoms with van der Waals surface area (Å²) in [5, 5.41) is 8.98. The maximum atomic E-state index is 8.98. The summed E-state index contributed by atoms with van der Waals surface area (Å²) in [6, 6.07) is 0. The van der Waals surface area contributed by atoms with Crippen LogP contribution in [0.2, 0.25) is 0 Å². The van der Waals surface area contributed by atoms with Crippen molar-refractivity contribution in [2.75, 3.05) is 0 Å². The first-order valence-corrected chi connectivity index (χ1v) is 2.78. The summed E-state index contributed by atoms with van der Waals surface area (Å²) < 4.78 is 0. The Bertz CT molecular complexity index is 109. The zero-order valence-corrected chi connectivity index (χ0v) is 5.65. The predicted molar refractivity (Wildman–Crippen MR) is 34.4 cm³/mol. The molecule has 0 heterocycles. The zero-order chi connectivity index (χ0) is 6.62. The molecule has 0 saturated carbocycles. The Morgan fingerprint density at radius 1 is 1.50 bits per heavy atom. The Balaban J connectivity index is 3.69. The van der Waals surface area contributed by atoms with Crippen LogP contribution < -0.4 is 0 Å². The van der Waals surface area contributed by atoms with E-state index in [2.05, 4.69) is 11.8 Å². The van der Waals surface area contributed by atoms with Crippen molar-refractivity contribution in [2.24, 2.45) is 0 Å². The summed E-state index contributed by atoms with van der Waals surface area (Å²) in [7, 11) is 0. The largest absolute Gasteiger partial charge is 0.378 e. The third-order valence-corrected chi connectivity index (χ3v) is 0.571. The molecule has 0 aliphatic heterocycles. The molecule has 8 heavy (non-hydrogen) atoms. The van der Waals surface area contributed by atoms with Crippen molar-refractivity contribution in [3.8, 4) is 11.8 Å². The molecule has 0 fully saturated rings. The van der Waals surface area contributed by atoms with E-state index in [1.807, 2.05) is 6.92 Å². The fraction of sp³-hybridized carbons (Fsp3) is 0.714. The molecule has 1 nitrogen and oxygen atoms in total. The van der Waals surface area contributed by atoms with Gasteiger partial charge in [0.1, 0.15) is 5.60 Å². The van der Waals surface area contributed by atoms with Gasteiger partial charge in [0, 0.05) is 6.42 Å². The molecule has 0 atom stereocenters. The molecule has 1 heteroatoms. The highest BCUT2D eigenvalue weighted by Gasteiger charge is 2.04. The van der Waals surface area contributed by atoms with Gasteiger partial charge in [0.25, 0.3) is 0 Å².